The molecule has 0 aliphatic heterocycles. The van der Waals surface area contributed by atoms with E-state index < -0.39 is 11.9 Å². The Hall–Kier alpha value is -1.66. The molecule has 0 aromatic heterocycles. The zero-order chi connectivity index (χ0) is 15.1. The molecule has 0 spiro atoms. The first kappa shape index (κ1) is 16.4. The molecule has 0 radical (unpaired) electrons. The van der Waals surface area contributed by atoms with Crippen molar-refractivity contribution in [1.82, 2.24) is 5.32 Å². The normalized spacial score (nSPS) is 13.7. The van der Waals surface area contributed by atoms with Crippen LogP contribution in [0.3, 0.4) is 0 Å². The van der Waals surface area contributed by atoms with Gasteiger partial charge in [0.1, 0.15) is 11.6 Å². The van der Waals surface area contributed by atoms with E-state index in [2.05, 4.69) is 5.32 Å². The number of rotatable bonds is 7. The van der Waals surface area contributed by atoms with E-state index in [0.29, 0.717) is 6.61 Å². The van der Waals surface area contributed by atoms with Crippen LogP contribution in [0.15, 0.2) is 18.2 Å². The van der Waals surface area contributed by atoms with Gasteiger partial charge in [-0.3, -0.25) is 4.79 Å². The lowest BCUT2D eigenvalue weighted by molar-refractivity contribution is -0.124. The number of hydrogen-bond donors (Lipinski definition) is 2. The number of benzene rings is 1. The van der Waals surface area contributed by atoms with E-state index in [9.17, 15) is 14.3 Å². The van der Waals surface area contributed by atoms with Gasteiger partial charge in [0.2, 0.25) is 0 Å². The van der Waals surface area contributed by atoms with Crippen molar-refractivity contribution in [3.05, 3.63) is 29.6 Å². The Morgan fingerprint density at radius 1 is 1.45 bits per heavy atom. The van der Waals surface area contributed by atoms with Gasteiger partial charge in [-0.2, -0.15) is 0 Å². The second kappa shape index (κ2) is 7.81. The molecule has 2 atom stereocenters. The monoisotopic (exact) mass is 285 g/mol. The molecule has 1 aromatic carbocycles. The minimum atomic E-state index is -0.887. The van der Waals surface area contributed by atoms with Gasteiger partial charge in [-0.25, -0.2) is 4.39 Å². The van der Waals surface area contributed by atoms with E-state index in [1.165, 1.54) is 19.1 Å². The van der Waals surface area contributed by atoms with Crippen LogP contribution in [0.5, 0.6) is 5.75 Å². The Bertz CT molecular complexity index is 451. The molecular weight excluding hydrogens is 265 g/mol. The number of amides is 1. The van der Waals surface area contributed by atoms with Crippen molar-refractivity contribution < 1.29 is 23.8 Å². The van der Waals surface area contributed by atoms with Crippen molar-refractivity contribution in [3.63, 3.8) is 0 Å². The van der Waals surface area contributed by atoms with Gasteiger partial charge < -0.3 is 19.9 Å². The standard InChI is InChI=1S/C14H20FNO4/c1-9(7-19-3)16-14(18)8-20-11-4-5-12(10(2)17)13(15)6-11/h4-6,9-10,17H,7-8H2,1-3H3,(H,16,18)/t9?,10-/m1/s1. The van der Waals surface area contributed by atoms with Crippen LogP contribution in [0.2, 0.25) is 0 Å². The molecule has 1 rings (SSSR count). The molecule has 1 amide bonds. The minimum Gasteiger partial charge on any atom is -0.484 e. The van der Waals surface area contributed by atoms with Crippen LogP contribution in [0.1, 0.15) is 25.5 Å². The highest BCUT2D eigenvalue weighted by atomic mass is 19.1. The van der Waals surface area contributed by atoms with Gasteiger partial charge in [0.05, 0.1) is 12.7 Å². The molecule has 0 saturated heterocycles. The summed E-state index contributed by atoms with van der Waals surface area (Å²) >= 11 is 0. The summed E-state index contributed by atoms with van der Waals surface area (Å²) in [5.74, 6) is -0.637. The van der Waals surface area contributed by atoms with Crippen LogP contribution in [0.25, 0.3) is 0 Å². The molecule has 0 bridgehead atoms. The van der Waals surface area contributed by atoms with Crippen molar-refractivity contribution in [2.75, 3.05) is 20.3 Å². The number of carbonyl (C=O) groups is 1. The van der Waals surface area contributed by atoms with Gasteiger partial charge in [-0.05, 0) is 26.0 Å². The number of methoxy groups -OCH3 is 1. The lowest BCUT2D eigenvalue weighted by atomic mass is 10.1. The maximum Gasteiger partial charge on any atom is 0.258 e. The van der Waals surface area contributed by atoms with E-state index in [4.69, 9.17) is 9.47 Å². The van der Waals surface area contributed by atoms with Crippen LogP contribution < -0.4 is 10.1 Å². The molecule has 6 heteroatoms. The number of halogens is 1. The molecule has 1 aromatic rings. The zero-order valence-electron chi connectivity index (χ0n) is 11.9. The maximum atomic E-state index is 13.6. The maximum absolute atomic E-state index is 13.6. The van der Waals surface area contributed by atoms with E-state index >= 15 is 0 Å². The summed E-state index contributed by atoms with van der Waals surface area (Å²) in [5, 5.41) is 12.0. The molecule has 0 saturated carbocycles. The average molecular weight is 285 g/mol. The van der Waals surface area contributed by atoms with E-state index in [1.54, 1.807) is 14.0 Å². The van der Waals surface area contributed by atoms with E-state index in [1.807, 2.05) is 0 Å². The number of nitrogens with one attached hydrogen (secondary N) is 1. The fraction of sp³-hybridized carbons (Fsp3) is 0.500. The summed E-state index contributed by atoms with van der Waals surface area (Å²) in [6.07, 6.45) is -0.887. The summed E-state index contributed by atoms with van der Waals surface area (Å²) in [5.41, 5.74) is 0.190. The van der Waals surface area contributed by atoms with Crippen LogP contribution in [0.4, 0.5) is 4.39 Å². The van der Waals surface area contributed by atoms with Crippen LogP contribution in [-0.2, 0) is 9.53 Å². The lowest BCUT2D eigenvalue weighted by Crippen LogP contribution is -2.38. The SMILES string of the molecule is COCC(C)NC(=O)COc1ccc([C@@H](C)O)c(F)c1. The highest BCUT2D eigenvalue weighted by molar-refractivity contribution is 5.77. The molecule has 20 heavy (non-hydrogen) atoms. The van der Waals surface area contributed by atoms with E-state index in [-0.39, 0.29) is 29.9 Å². The first-order chi connectivity index (χ1) is 9.43. The summed E-state index contributed by atoms with van der Waals surface area (Å²) in [7, 11) is 1.55. The number of aliphatic hydroxyl groups excluding tert-OH is 1. The quantitative estimate of drug-likeness (QED) is 0.795. The summed E-state index contributed by atoms with van der Waals surface area (Å²) in [6, 6.07) is 3.97. The van der Waals surface area contributed by atoms with Gasteiger partial charge in [0.15, 0.2) is 6.61 Å². The molecule has 0 heterocycles. The van der Waals surface area contributed by atoms with Crippen molar-refractivity contribution in [1.29, 1.82) is 0 Å². The van der Waals surface area contributed by atoms with Gasteiger partial charge in [0, 0.05) is 24.8 Å². The highest BCUT2D eigenvalue weighted by Gasteiger charge is 2.11. The predicted octanol–water partition coefficient (Wildman–Crippen LogP) is 1.41. The molecular formula is C14H20FNO4. The molecule has 2 N–H and O–H groups in total. The molecule has 0 aliphatic carbocycles. The van der Waals surface area contributed by atoms with Gasteiger partial charge >= 0.3 is 0 Å². The van der Waals surface area contributed by atoms with Crippen LogP contribution >= 0.6 is 0 Å². The minimum absolute atomic E-state index is 0.120. The largest absolute Gasteiger partial charge is 0.484 e. The number of aliphatic hydroxyl groups is 1. The third-order valence-electron chi connectivity index (χ3n) is 2.62. The van der Waals surface area contributed by atoms with Gasteiger partial charge in [0.25, 0.3) is 5.91 Å². The van der Waals surface area contributed by atoms with Crippen molar-refractivity contribution >= 4 is 5.91 Å². The Morgan fingerprint density at radius 2 is 2.15 bits per heavy atom. The molecule has 1 unspecified atom stereocenters. The first-order valence-electron chi connectivity index (χ1n) is 6.32. The van der Waals surface area contributed by atoms with Crippen LogP contribution in [0, 0.1) is 5.82 Å². The molecule has 112 valence electrons. The smallest absolute Gasteiger partial charge is 0.258 e. The Balaban J connectivity index is 2.49. The van der Waals surface area contributed by atoms with Crippen LogP contribution in [-0.4, -0.2) is 37.4 Å². The van der Waals surface area contributed by atoms with Crippen molar-refractivity contribution in [2.45, 2.75) is 26.0 Å². The second-order valence-electron chi connectivity index (χ2n) is 4.57. The Kier molecular flexibility index (Phi) is 6.41. The third kappa shape index (κ3) is 5.14. The van der Waals surface area contributed by atoms with Crippen molar-refractivity contribution in [2.24, 2.45) is 0 Å². The third-order valence-corrected chi connectivity index (χ3v) is 2.62. The average Bonchev–Trinajstić information content (AvgIpc) is 2.36. The predicted molar refractivity (Wildman–Crippen MR) is 72.0 cm³/mol. The number of carbonyl (C=O) groups excluding carboxylic acids is 1. The number of hydrogen-bond acceptors (Lipinski definition) is 4. The highest BCUT2D eigenvalue weighted by Crippen LogP contribution is 2.21. The first-order valence-corrected chi connectivity index (χ1v) is 6.32. The summed E-state index contributed by atoms with van der Waals surface area (Å²) < 4.78 is 23.7. The van der Waals surface area contributed by atoms with Gasteiger partial charge in [-0.15, -0.1) is 0 Å². The topological polar surface area (TPSA) is 67.8 Å². The Morgan fingerprint density at radius 3 is 2.70 bits per heavy atom. The fourth-order valence-corrected chi connectivity index (χ4v) is 1.69. The molecule has 0 fully saturated rings. The lowest BCUT2D eigenvalue weighted by Gasteiger charge is -2.13. The van der Waals surface area contributed by atoms with Crippen molar-refractivity contribution in [3.8, 4) is 5.75 Å². The second-order valence-corrected chi connectivity index (χ2v) is 4.57. The summed E-state index contributed by atoms with van der Waals surface area (Å²) in [4.78, 5) is 11.5. The number of ether oxygens (including phenoxy) is 2. The fourth-order valence-electron chi connectivity index (χ4n) is 1.69. The molecule has 0 aliphatic rings. The molecule has 5 nitrogen and oxygen atoms in total. The van der Waals surface area contributed by atoms with E-state index in [0.717, 1.165) is 6.07 Å². The van der Waals surface area contributed by atoms with Gasteiger partial charge in [-0.1, -0.05) is 0 Å². The zero-order valence-corrected chi connectivity index (χ0v) is 11.9. The summed E-state index contributed by atoms with van der Waals surface area (Å²) in [6.45, 7) is 3.48. The Labute approximate surface area is 117 Å².